The first-order chi connectivity index (χ1) is 7.24. The smallest absolute Gasteiger partial charge is 0.111 e. The average Bonchev–Trinajstić information content (AvgIpc) is 2.66. The third kappa shape index (κ3) is 4.40. The summed E-state index contributed by atoms with van der Waals surface area (Å²) in [5, 5.41) is 25.6. The third-order valence-corrected chi connectivity index (χ3v) is 2.28. The molecular weight excluding hydrogens is 194 g/mol. The minimum absolute atomic E-state index is 0.273. The lowest BCUT2D eigenvalue weighted by Crippen LogP contribution is -1.99. The van der Waals surface area contributed by atoms with Gasteiger partial charge in [-0.15, -0.1) is 5.10 Å². The zero-order chi connectivity index (χ0) is 11.1. The van der Waals surface area contributed by atoms with E-state index in [1.54, 1.807) is 17.8 Å². The first-order valence-electron chi connectivity index (χ1n) is 5.43. The van der Waals surface area contributed by atoms with E-state index in [0.717, 1.165) is 32.2 Å². The molecule has 15 heavy (non-hydrogen) atoms. The van der Waals surface area contributed by atoms with Crippen molar-refractivity contribution in [1.82, 2.24) is 15.0 Å². The van der Waals surface area contributed by atoms with Crippen molar-refractivity contribution in [1.29, 1.82) is 0 Å². The summed E-state index contributed by atoms with van der Waals surface area (Å²) in [7, 11) is 0. The van der Waals surface area contributed by atoms with E-state index in [1.165, 1.54) is 0 Å². The van der Waals surface area contributed by atoms with Crippen molar-refractivity contribution >= 4 is 0 Å². The van der Waals surface area contributed by atoms with Gasteiger partial charge in [-0.3, -0.25) is 4.68 Å². The molecule has 5 heteroatoms. The number of aliphatic hydroxyl groups is 2. The second-order valence-corrected chi connectivity index (χ2v) is 3.72. The molecule has 0 radical (unpaired) electrons. The number of aryl methyl sites for hydroxylation is 1. The summed E-state index contributed by atoms with van der Waals surface area (Å²) in [6, 6.07) is 0. The maximum atomic E-state index is 9.23. The van der Waals surface area contributed by atoms with Crippen molar-refractivity contribution in [2.75, 3.05) is 6.61 Å². The highest BCUT2D eigenvalue weighted by molar-refractivity contribution is 4.95. The molecule has 1 unspecified atom stereocenters. The molecule has 0 fully saturated rings. The van der Waals surface area contributed by atoms with Crippen LogP contribution in [0.4, 0.5) is 0 Å². The van der Waals surface area contributed by atoms with Crippen LogP contribution in [0.1, 0.15) is 44.4 Å². The zero-order valence-electron chi connectivity index (χ0n) is 9.13. The van der Waals surface area contributed by atoms with Gasteiger partial charge >= 0.3 is 0 Å². The summed E-state index contributed by atoms with van der Waals surface area (Å²) >= 11 is 0. The number of unbranched alkanes of at least 4 members (excludes halogenated alkanes) is 3. The Balaban J connectivity index is 2.20. The van der Waals surface area contributed by atoms with Gasteiger partial charge in [-0.1, -0.05) is 18.1 Å². The molecule has 5 nitrogen and oxygen atoms in total. The van der Waals surface area contributed by atoms with Crippen LogP contribution in [-0.4, -0.2) is 31.8 Å². The highest BCUT2D eigenvalue weighted by Crippen LogP contribution is 2.07. The molecule has 0 bridgehead atoms. The predicted octanol–water partition coefficient (Wildman–Crippen LogP) is 0.884. The number of aliphatic hydroxyl groups excluding tert-OH is 2. The minimum atomic E-state index is -0.548. The van der Waals surface area contributed by atoms with Crippen molar-refractivity contribution in [2.45, 2.75) is 45.3 Å². The van der Waals surface area contributed by atoms with Crippen LogP contribution in [0.15, 0.2) is 6.20 Å². The molecule has 1 aromatic heterocycles. The van der Waals surface area contributed by atoms with Gasteiger partial charge in [0.1, 0.15) is 5.69 Å². The molecule has 0 aliphatic carbocycles. The van der Waals surface area contributed by atoms with Crippen molar-refractivity contribution < 1.29 is 10.2 Å². The molecule has 0 aliphatic rings. The highest BCUT2D eigenvalue weighted by atomic mass is 16.3. The first-order valence-corrected chi connectivity index (χ1v) is 5.43. The molecule has 0 saturated heterocycles. The largest absolute Gasteiger partial charge is 0.396 e. The second-order valence-electron chi connectivity index (χ2n) is 3.72. The van der Waals surface area contributed by atoms with Gasteiger partial charge in [-0.2, -0.15) is 0 Å². The lowest BCUT2D eigenvalue weighted by molar-refractivity contribution is 0.194. The maximum absolute atomic E-state index is 9.23. The molecule has 2 N–H and O–H groups in total. The summed E-state index contributed by atoms with van der Waals surface area (Å²) in [6.07, 6.45) is 5.27. The van der Waals surface area contributed by atoms with Crippen molar-refractivity contribution in [3.63, 3.8) is 0 Å². The van der Waals surface area contributed by atoms with Crippen molar-refractivity contribution in [2.24, 2.45) is 0 Å². The van der Waals surface area contributed by atoms with Crippen LogP contribution < -0.4 is 0 Å². The number of hydrogen-bond acceptors (Lipinski definition) is 4. The van der Waals surface area contributed by atoms with Gasteiger partial charge in [0.2, 0.25) is 0 Å². The zero-order valence-corrected chi connectivity index (χ0v) is 9.13. The van der Waals surface area contributed by atoms with Gasteiger partial charge in [-0.05, 0) is 19.8 Å². The lowest BCUT2D eigenvalue weighted by atomic mass is 10.2. The summed E-state index contributed by atoms with van der Waals surface area (Å²) in [5.41, 5.74) is 0.616. The number of hydrogen-bond donors (Lipinski definition) is 2. The topological polar surface area (TPSA) is 71.2 Å². The molecule has 0 aliphatic heterocycles. The van der Waals surface area contributed by atoms with E-state index in [1.807, 2.05) is 0 Å². The van der Waals surface area contributed by atoms with Gasteiger partial charge in [0.15, 0.2) is 0 Å². The number of rotatable bonds is 7. The van der Waals surface area contributed by atoms with Gasteiger partial charge < -0.3 is 10.2 Å². The van der Waals surface area contributed by atoms with E-state index in [9.17, 15) is 5.11 Å². The molecule has 0 saturated carbocycles. The molecule has 86 valence electrons. The Bertz CT molecular complexity index is 273. The number of nitrogens with zero attached hydrogens (tertiary/aromatic N) is 3. The van der Waals surface area contributed by atoms with E-state index < -0.39 is 6.10 Å². The Kier molecular flexibility index (Phi) is 5.28. The molecule has 1 heterocycles. The normalized spacial score (nSPS) is 13.0. The molecule has 0 amide bonds. The van der Waals surface area contributed by atoms with E-state index in [-0.39, 0.29) is 6.61 Å². The Hall–Kier alpha value is -0.940. The van der Waals surface area contributed by atoms with Gasteiger partial charge in [0, 0.05) is 13.2 Å². The van der Waals surface area contributed by atoms with E-state index >= 15 is 0 Å². The van der Waals surface area contributed by atoms with E-state index in [4.69, 9.17) is 5.11 Å². The van der Waals surface area contributed by atoms with Crippen LogP contribution >= 0.6 is 0 Å². The first kappa shape index (κ1) is 12.1. The molecule has 1 aromatic rings. The number of aromatic nitrogens is 3. The average molecular weight is 213 g/mol. The molecule has 0 aromatic carbocycles. The molecule has 1 rings (SSSR count). The Morgan fingerprint density at radius 2 is 2.07 bits per heavy atom. The van der Waals surface area contributed by atoms with Crippen molar-refractivity contribution in [3.05, 3.63) is 11.9 Å². The fraction of sp³-hybridized carbons (Fsp3) is 0.800. The van der Waals surface area contributed by atoms with Crippen LogP contribution in [0.2, 0.25) is 0 Å². The molecule has 1 atom stereocenters. The van der Waals surface area contributed by atoms with Crippen LogP contribution in [0.5, 0.6) is 0 Å². The Morgan fingerprint density at radius 1 is 1.33 bits per heavy atom. The van der Waals surface area contributed by atoms with Crippen molar-refractivity contribution in [3.8, 4) is 0 Å². The summed E-state index contributed by atoms with van der Waals surface area (Å²) in [4.78, 5) is 0. The monoisotopic (exact) mass is 213 g/mol. The Labute approximate surface area is 89.7 Å². The second kappa shape index (κ2) is 6.53. The van der Waals surface area contributed by atoms with E-state index in [2.05, 4.69) is 10.3 Å². The fourth-order valence-electron chi connectivity index (χ4n) is 1.35. The van der Waals surface area contributed by atoms with Gasteiger partial charge in [0.05, 0.1) is 12.3 Å². The van der Waals surface area contributed by atoms with Gasteiger partial charge in [0.25, 0.3) is 0 Å². The van der Waals surface area contributed by atoms with Gasteiger partial charge in [-0.25, -0.2) is 0 Å². The quantitative estimate of drug-likeness (QED) is 0.660. The van der Waals surface area contributed by atoms with Crippen LogP contribution in [0, 0.1) is 0 Å². The fourth-order valence-corrected chi connectivity index (χ4v) is 1.35. The predicted molar refractivity (Wildman–Crippen MR) is 56.2 cm³/mol. The van der Waals surface area contributed by atoms with E-state index in [0.29, 0.717) is 5.69 Å². The Morgan fingerprint density at radius 3 is 2.67 bits per heavy atom. The summed E-state index contributed by atoms with van der Waals surface area (Å²) in [6.45, 7) is 2.77. The van der Waals surface area contributed by atoms with Crippen LogP contribution in [-0.2, 0) is 6.54 Å². The van der Waals surface area contributed by atoms with Crippen LogP contribution in [0.3, 0.4) is 0 Å². The summed E-state index contributed by atoms with van der Waals surface area (Å²) in [5.74, 6) is 0. The highest BCUT2D eigenvalue weighted by Gasteiger charge is 2.05. The minimum Gasteiger partial charge on any atom is -0.396 e. The maximum Gasteiger partial charge on any atom is 0.111 e. The molecular formula is C10H19N3O2. The lowest BCUT2D eigenvalue weighted by Gasteiger charge is -2.00. The molecule has 0 spiro atoms. The standard InChI is InChI=1S/C10H19N3O2/c1-9(15)10-8-13(12-11-10)6-4-2-3-5-7-14/h8-9,14-15H,2-7H2,1H3. The van der Waals surface area contributed by atoms with Crippen LogP contribution in [0.25, 0.3) is 0 Å². The third-order valence-electron chi connectivity index (χ3n) is 2.28. The summed E-state index contributed by atoms with van der Waals surface area (Å²) < 4.78 is 1.75. The SMILES string of the molecule is CC(O)c1cn(CCCCCCO)nn1.